The van der Waals surface area contributed by atoms with Crippen LogP contribution in [0.5, 0.6) is 0 Å². The van der Waals surface area contributed by atoms with Crippen LogP contribution in [0.2, 0.25) is 0 Å². The number of nitrogens with zero attached hydrogens (tertiary/aromatic N) is 1. The van der Waals surface area contributed by atoms with Crippen molar-refractivity contribution in [2.45, 2.75) is 64.2 Å². The maximum Gasteiger partial charge on any atom is 0.209 e. The Morgan fingerprint density at radius 3 is 2.18 bits per heavy atom. The third-order valence-corrected chi connectivity index (χ3v) is 7.75. The lowest BCUT2D eigenvalue weighted by Crippen LogP contribution is -2.26. The van der Waals surface area contributed by atoms with E-state index in [-0.39, 0.29) is 10.8 Å². The van der Waals surface area contributed by atoms with Crippen molar-refractivity contribution in [3.05, 3.63) is 113 Å². The monoisotopic (exact) mass is 436 g/mol. The highest BCUT2D eigenvalue weighted by Gasteiger charge is 2.42. The first-order valence-electron chi connectivity index (χ1n) is 12.3. The van der Waals surface area contributed by atoms with Crippen molar-refractivity contribution in [1.82, 2.24) is 0 Å². The minimum absolute atomic E-state index is 0.0223. The Hall–Kier alpha value is -2.93. The van der Waals surface area contributed by atoms with Gasteiger partial charge >= 0.3 is 0 Å². The van der Waals surface area contributed by atoms with E-state index in [0.717, 1.165) is 6.42 Å². The summed E-state index contributed by atoms with van der Waals surface area (Å²) >= 11 is 0. The second kappa shape index (κ2) is 9.14. The van der Waals surface area contributed by atoms with Crippen LogP contribution in [-0.2, 0) is 10.8 Å². The Morgan fingerprint density at radius 1 is 0.788 bits per heavy atom. The van der Waals surface area contributed by atoms with E-state index in [0.29, 0.717) is 5.92 Å². The van der Waals surface area contributed by atoms with Crippen LogP contribution in [0.1, 0.15) is 70.1 Å². The van der Waals surface area contributed by atoms with Crippen molar-refractivity contribution in [2.24, 2.45) is 0 Å². The molecule has 1 atom stereocenters. The Kier molecular flexibility index (Phi) is 6.43. The van der Waals surface area contributed by atoms with Gasteiger partial charge in [-0.05, 0) is 43.7 Å². The lowest BCUT2D eigenvalue weighted by molar-refractivity contribution is -0.401. The highest BCUT2D eigenvalue weighted by Crippen LogP contribution is 2.43. The number of para-hydroxylation sites is 1. The fourth-order valence-corrected chi connectivity index (χ4v) is 5.61. The molecule has 2 aliphatic rings. The van der Waals surface area contributed by atoms with Crippen molar-refractivity contribution in [2.75, 3.05) is 7.05 Å². The normalized spacial score (nSPS) is 23.0. The summed E-state index contributed by atoms with van der Waals surface area (Å²) in [6.45, 7) is 11.7. The predicted molar refractivity (Wildman–Crippen MR) is 143 cm³/mol. The first-order valence-corrected chi connectivity index (χ1v) is 12.3. The minimum atomic E-state index is 0.0223. The Labute approximate surface area is 200 Å². The van der Waals surface area contributed by atoms with Gasteiger partial charge < -0.3 is 0 Å². The summed E-state index contributed by atoms with van der Waals surface area (Å²) in [7, 11) is 2.16. The summed E-state index contributed by atoms with van der Waals surface area (Å²) in [5.41, 5.74) is 8.63. The summed E-state index contributed by atoms with van der Waals surface area (Å²) in [6.07, 6.45) is 17.7. The molecule has 0 aromatic heterocycles. The van der Waals surface area contributed by atoms with E-state index in [1.807, 2.05) is 0 Å². The highest BCUT2D eigenvalue weighted by molar-refractivity contribution is 6.03. The van der Waals surface area contributed by atoms with Gasteiger partial charge in [-0.3, -0.25) is 0 Å². The Morgan fingerprint density at radius 2 is 1.42 bits per heavy atom. The predicted octanol–water partition coefficient (Wildman–Crippen LogP) is 8.16. The molecule has 2 aromatic carbocycles. The van der Waals surface area contributed by atoms with Crippen molar-refractivity contribution in [3.63, 3.8) is 0 Å². The average Bonchev–Trinajstić information content (AvgIpc) is 2.93. The summed E-state index contributed by atoms with van der Waals surface area (Å²) < 4.78 is 2.31. The molecule has 0 saturated heterocycles. The van der Waals surface area contributed by atoms with E-state index in [4.69, 9.17) is 0 Å². The molecule has 0 amide bonds. The lowest BCUT2D eigenvalue weighted by atomic mass is 9.75. The first kappa shape index (κ1) is 23.2. The molecular weight excluding hydrogens is 398 g/mol. The number of rotatable bonds is 4. The van der Waals surface area contributed by atoms with Crippen LogP contribution in [0, 0.1) is 0 Å². The smallest absolute Gasteiger partial charge is 0.198 e. The fraction of sp³-hybridized carbons (Fsp3) is 0.344. The third-order valence-electron chi connectivity index (χ3n) is 7.75. The van der Waals surface area contributed by atoms with Gasteiger partial charge in [0, 0.05) is 23.1 Å². The molecule has 0 N–H and O–H groups in total. The summed E-state index contributed by atoms with van der Waals surface area (Å²) in [6, 6.07) is 17.7. The molecule has 0 saturated carbocycles. The van der Waals surface area contributed by atoms with Gasteiger partial charge in [-0.25, -0.2) is 0 Å². The van der Waals surface area contributed by atoms with Gasteiger partial charge in [0.2, 0.25) is 5.69 Å². The Bertz CT molecular complexity index is 1180. The molecule has 1 aliphatic heterocycles. The topological polar surface area (TPSA) is 3.01 Å². The van der Waals surface area contributed by atoms with Crippen LogP contribution in [0.4, 0.5) is 5.69 Å². The molecule has 0 spiro atoms. The standard InChI is InChI=1S/C32H38N/c1-24-22-23-25(31(2,3)27-18-13-12-17-26(24)27)16-10-8-7-9-11-21-30-32(4,5)28-19-14-15-20-29(28)33(30)6/h7-21,24H,22-23H2,1-6H3/q+1/b9-7+,10-8+,21-11+,25-16-. The molecular formula is C32H38N+. The SMILES string of the molecule is CC1CC/C(=C/C=C/C=C/C=C/C2=[N+](C)c3ccccc3C2(C)C)C(C)(C)c2ccccc21. The number of allylic oxidation sites excluding steroid dienone is 8. The van der Waals surface area contributed by atoms with Crippen molar-refractivity contribution in [3.8, 4) is 0 Å². The first-order chi connectivity index (χ1) is 15.7. The zero-order valence-electron chi connectivity index (χ0n) is 21.1. The molecule has 1 nitrogen and oxygen atoms in total. The van der Waals surface area contributed by atoms with Crippen LogP contribution in [0.15, 0.2) is 96.6 Å². The molecule has 1 unspecified atom stereocenters. The van der Waals surface area contributed by atoms with Gasteiger partial charge in [0.05, 0.1) is 5.41 Å². The number of hydrogen-bond acceptors (Lipinski definition) is 0. The summed E-state index contributed by atoms with van der Waals surface area (Å²) in [5.74, 6) is 0.613. The van der Waals surface area contributed by atoms with Crippen LogP contribution < -0.4 is 0 Å². The van der Waals surface area contributed by atoms with E-state index in [1.54, 1.807) is 0 Å². The van der Waals surface area contributed by atoms with Gasteiger partial charge in [-0.1, -0.05) is 105 Å². The van der Waals surface area contributed by atoms with Crippen LogP contribution >= 0.6 is 0 Å². The highest BCUT2D eigenvalue weighted by atomic mass is 15.0. The second-order valence-electron chi connectivity index (χ2n) is 10.6. The lowest BCUT2D eigenvalue weighted by Gasteiger charge is -2.29. The minimum Gasteiger partial charge on any atom is -0.198 e. The molecule has 1 aliphatic carbocycles. The van der Waals surface area contributed by atoms with E-state index in [1.165, 1.54) is 40.1 Å². The van der Waals surface area contributed by atoms with Crippen LogP contribution in [0.3, 0.4) is 0 Å². The molecule has 4 rings (SSSR count). The zero-order chi connectivity index (χ0) is 23.6. The molecule has 33 heavy (non-hydrogen) atoms. The van der Waals surface area contributed by atoms with E-state index >= 15 is 0 Å². The van der Waals surface area contributed by atoms with E-state index in [9.17, 15) is 0 Å². The van der Waals surface area contributed by atoms with Crippen LogP contribution in [0.25, 0.3) is 0 Å². The quantitative estimate of drug-likeness (QED) is 0.258. The van der Waals surface area contributed by atoms with Crippen molar-refractivity contribution >= 4 is 11.4 Å². The number of benzene rings is 2. The van der Waals surface area contributed by atoms with Gasteiger partial charge in [-0.2, -0.15) is 4.58 Å². The summed E-state index contributed by atoms with van der Waals surface area (Å²) in [5, 5.41) is 0. The van der Waals surface area contributed by atoms with Crippen molar-refractivity contribution in [1.29, 1.82) is 0 Å². The largest absolute Gasteiger partial charge is 0.209 e. The molecule has 0 fully saturated rings. The third kappa shape index (κ3) is 4.34. The number of hydrogen-bond donors (Lipinski definition) is 0. The maximum absolute atomic E-state index is 2.37. The average molecular weight is 437 g/mol. The molecule has 2 aromatic rings. The van der Waals surface area contributed by atoms with Gasteiger partial charge in [0.1, 0.15) is 7.05 Å². The molecule has 1 heteroatoms. The van der Waals surface area contributed by atoms with E-state index < -0.39 is 0 Å². The Balaban J connectivity index is 1.47. The molecule has 1 heterocycles. The summed E-state index contributed by atoms with van der Waals surface area (Å²) in [4.78, 5) is 0. The van der Waals surface area contributed by atoms with Gasteiger partial charge in [0.15, 0.2) is 5.71 Å². The van der Waals surface area contributed by atoms with E-state index in [2.05, 4.69) is 137 Å². The van der Waals surface area contributed by atoms with Gasteiger partial charge in [-0.15, -0.1) is 0 Å². The molecule has 0 bridgehead atoms. The second-order valence-corrected chi connectivity index (χ2v) is 10.6. The number of fused-ring (bicyclic) bond motifs is 2. The fourth-order valence-electron chi connectivity index (χ4n) is 5.61. The molecule has 0 radical (unpaired) electrons. The van der Waals surface area contributed by atoms with Gasteiger partial charge in [0.25, 0.3) is 0 Å². The maximum atomic E-state index is 2.37. The molecule has 170 valence electrons. The van der Waals surface area contributed by atoms with Crippen molar-refractivity contribution < 1.29 is 4.58 Å². The van der Waals surface area contributed by atoms with Crippen LogP contribution in [-0.4, -0.2) is 17.3 Å². The zero-order valence-corrected chi connectivity index (χ0v) is 21.1.